The van der Waals surface area contributed by atoms with Gasteiger partial charge >= 0.3 is 0 Å². The number of ketones is 1. The number of carbonyl (C=O) groups excluding carboxylic acids is 2. The van der Waals surface area contributed by atoms with Crippen molar-refractivity contribution in [1.29, 1.82) is 0 Å². The van der Waals surface area contributed by atoms with Gasteiger partial charge in [0, 0.05) is 5.56 Å². The van der Waals surface area contributed by atoms with Crippen molar-refractivity contribution in [3.05, 3.63) is 59.5 Å². The largest absolute Gasteiger partial charge is 0.459 e. The summed E-state index contributed by atoms with van der Waals surface area (Å²) >= 11 is 0. The first kappa shape index (κ1) is 13.0. The van der Waals surface area contributed by atoms with Gasteiger partial charge in [0.2, 0.25) is 5.78 Å². The number of amides is 1. The van der Waals surface area contributed by atoms with E-state index < -0.39 is 17.9 Å². The average Bonchev–Trinajstić information content (AvgIpc) is 2.92. The van der Waals surface area contributed by atoms with E-state index in [-0.39, 0.29) is 5.76 Å². The molecule has 0 aliphatic heterocycles. The molecule has 0 aliphatic rings. The molecular weight excluding hydrogens is 246 g/mol. The average molecular weight is 259 g/mol. The van der Waals surface area contributed by atoms with Gasteiger partial charge in [0.15, 0.2) is 12.0 Å². The van der Waals surface area contributed by atoms with E-state index in [4.69, 9.17) is 4.42 Å². The van der Waals surface area contributed by atoms with Crippen molar-refractivity contribution in [1.82, 2.24) is 5.32 Å². The Hall–Kier alpha value is -2.40. The predicted molar refractivity (Wildman–Crippen MR) is 67.7 cm³/mol. The maximum Gasteiger partial charge on any atom is 0.289 e. The minimum absolute atomic E-state index is 0.0377. The molecule has 0 saturated carbocycles. The SMILES string of the molecule is Cc1ccc(C(=O)C(O)NC(=O)c2ccco2)cc1. The molecule has 2 aromatic rings. The lowest BCUT2D eigenvalue weighted by atomic mass is 10.1. The summed E-state index contributed by atoms with van der Waals surface area (Å²) in [5.41, 5.74) is 1.34. The van der Waals surface area contributed by atoms with Gasteiger partial charge in [-0.15, -0.1) is 0 Å². The van der Waals surface area contributed by atoms with E-state index in [1.165, 1.54) is 12.3 Å². The highest BCUT2D eigenvalue weighted by Crippen LogP contribution is 2.06. The second kappa shape index (κ2) is 5.49. The Labute approximate surface area is 109 Å². The minimum Gasteiger partial charge on any atom is -0.459 e. The molecule has 0 spiro atoms. The molecule has 1 atom stereocenters. The molecule has 1 unspecified atom stereocenters. The first-order valence-corrected chi connectivity index (χ1v) is 5.71. The van der Waals surface area contributed by atoms with Crippen LogP contribution in [0.1, 0.15) is 26.5 Å². The summed E-state index contributed by atoms with van der Waals surface area (Å²) in [6.45, 7) is 1.89. The first-order valence-electron chi connectivity index (χ1n) is 5.71. The van der Waals surface area contributed by atoms with Gasteiger partial charge in [0.05, 0.1) is 6.26 Å². The normalized spacial score (nSPS) is 11.9. The third kappa shape index (κ3) is 3.08. The van der Waals surface area contributed by atoms with Gasteiger partial charge in [-0.3, -0.25) is 9.59 Å². The molecule has 0 aliphatic carbocycles. The van der Waals surface area contributed by atoms with Crippen molar-refractivity contribution in [3.8, 4) is 0 Å². The number of furan rings is 1. The Morgan fingerprint density at radius 3 is 2.47 bits per heavy atom. The quantitative estimate of drug-likeness (QED) is 0.644. The predicted octanol–water partition coefficient (Wildman–Crippen LogP) is 1.52. The number of nitrogens with one attached hydrogen (secondary N) is 1. The molecule has 0 radical (unpaired) electrons. The number of aryl methyl sites for hydroxylation is 1. The summed E-state index contributed by atoms with van der Waals surface area (Å²) in [5.74, 6) is -1.17. The molecular formula is C14H13NO4. The van der Waals surface area contributed by atoms with E-state index >= 15 is 0 Å². The standard InChI is InChI=1S/C14H13NO4/c1-9-4-6-10(7-5-9)12(16)14(18)15-13(17)11-3-2-8-19-11/h2-8,14,18H,1H3,(H,15,17). The Morgan fingerprint density at radius 1 is 1.21 bits per heavy atom. The molecule has 2 rings (SSSR count). The van der Waals surface area contributed by atoms with Gasteiger partial charge in [-0.25, -0.2) is 0 Å². The Balaban J connectivity index is 2.03. The molecule has 19 heavy (non-hydrogen) atoms. The fourth-order valence-electron chi connectivity index (χ4n) is 1.54. The molecule has 1 aromatic heterocycles. The Kier molecular flexibility index (Phi) is 3.77. The van der Waals surface area contributed by atoms with Crippen molar-refractivity contribution < 1.29 is 19.1 Å². The molecule has 1 amide bonds. The van der Waals surface area contributed by atoms with Crippen LogP contribution in [0.2, 0.25) is 0 Å². The van der Waals surface area contributed by atoms with Crippen LogP contribution in [0, 0.1) is 6.92 Å². The number of hydrogen-bond donors (Lipinski definition) is 2. The van der Waals surface area contributed by atoms with Crippen LogP contribution in [0.5, 0.6) is 0 Å². The van der Waals surface area contributed by atoms with Crippen molar-refractivity contribution in [2.45, 2.75) is 13.2 Å². The monoisotopic (exact) mass is 259 g/mol. The highest BCUT2D eigenvalue weighted by molar-refractivity contribution is 6.02. The number of aliphatic hydroxyl groups excluding tert-OH is 1. The summed E-state index contributed by atoms with van der Waals surface area (Å²) in [6, 6.07) is 9.70. The van der Waals surface area contributed by atoms with E-state index in [0.717, 1.165) is 5.56 Å². The minimum atomic E-state index is -1.60. The topological polar surface area (TPSA) is 79.5 Å². The van der Waals surface area contributed by atoms with E-state index in [2.05, 4.69) is 5.32 Å². The molecule has 1 aromatic carbocycles. The number of rotatable bonds is 4. The molecule has 98 valence electrons. The lowest BCUT2D eigenvalue weighted by Gasteiger charge is -2.10. The number of Topliss-reactive ketones (excluding diaryl/α,β-unsaturated/α-hetero) is 1. The van der Waals surface area contributed by atoms with Gasteiger partial charge in [-0.1, -0.05) is 29.8 Å². The highest BCUT2D eigenvalue weighted by Gasteiger charge is 2.20. The second-order valence-electron chi connectivity index (χ2n) is 4.08. The third-order valence-corrected chi connectivity index (χ3v) is 2.60. The zero-order valence-corrected chi connectivity index (χ0v) is 10.3. The molecule has 1 heterocycles. The van der Waals surface area contributed by atoms with Gasteiger partial charge in [0.25, 0.3) is 5.91 Å². The van der Waals surface area contributed by atoms with Crippen LogP contribution in [0.4, 0.5) is 0 Å². The summed E-state index contributed by atoms with van der Waals surface area (Å²) in [5, 5.41) is 11.9. The number of benzene rings is 1. The molecule has 0 bridgehead atoms. The number of aliphatic hydroxyl groups is 1. The van der Waals surface area contributed by atoms with Crippen LogP contribution < -0.4 is 5.32 Å². The molecule has 0 fully saturated rings. The Bertz CT molecular complexity index is 572. The summed E-state index contributed by atoms with van der Waals surface area (Å²) < 4.78 is 4.86. The van der Waals surface area contributed by atoms with Crippen LogP contribution in [-0.4, -0.2) is 23.0 Å². The van der Waals surface area contributed by atoms with E-state index in [0.29, 0.717) is 5.56 Å². The lowest BCUT2D eigenvalue weighted by molar-refractivity contribution is 0.0597. The van der Waals surface area contributed by atoms with Crippen molar-refractivity contribution >= 4 is 11.7 Å². The molecule has 0 saturated heterocycles. The fraction of sp³-hybridized carbons (Fsp3) is 0.143. The van der Waals surface area contributed by atoms with Crippen LogP contribution in [-0.2, 0) is 0 Å². The van der Waals surface area contributed by atoms with E-state index in [9.17, 15) is 14.7 Å². The summed E-state index contributed by atoms with van der Waals surface area (Å²) in [6.07, 6.45) is -0.261. The van der Waals surface area contributed by atoms with Crippen molar-refractivity contribution in [2.75, 3.05) is 0 Å². The zero-order valence-electron chi connectivity index (χ0n) is 10.3. The van der Waals surface area contributed by atoms with Gasteiger partial charge < -0.3 is 14.8 Å². The van der Waals surface area contributed by atoms with Crippen LogP contribution >= 0.6 is 0 Å². The smallest absolute Gasteiger partial charge is 0.289 e. The highest BCUT2D eigenvalue weighted by atomic mass is 16.3. The van der Waals surface area contributed by atoms with Crippen LogP contribution in [0.3, 0.4) is 0 Å². The van der Waals surface area contributed by atoms with Crippen molar-refractivity contribution in [2.24, 2.45) is 0 Å². The van der Waals surface area contributed by atoms with Gasteiger partial charge in [0.1, 0.15) is 0 Å². The van der Waals surface area contributed by atoms with Crippen LogP contribution in [0.15, 0.2) is 47.1 Å². The van der Waals surface area contributed by atoms with E-state index in [1.54, 1.807) is 30.3 Å². The van der Waals surface area contributed by atoms with Crippen LogP contribution in [0.25, 0.3) is 0 Å². The van der Waals surface area contributed by atoms with E-state index in [1.807, 2.05) is 6.92 Å². The number of carbonyl (C=O) groups is 2. The molecule has 5 heteroatoms. The van der Waals surface area contributed by atoms with Gasteiger partial charge in [-0.2, -0.15) is 0 Å². The fourth-order valence-corrected chi connectivity index (χ4v) is 1.54. The summed E-state index contributed by atoms with van der Waals surface area (Å²) in [7, 11) is 0. The third-order valence-electron chi connectivity index (χ3n) is 2.60. The maximum atomic E-state index is 11.9. The maximum absolute atomic E-state index is 11.9. The Morgan fingerprint density at radius 2 is 1.89 bits per heavy atom. The molecule has 2 N–H and O–H groups in total. The van der Waals surface area contributed by atoms with Gasteiger partial charge in [-0.05, 0) is 19.1 Å². The van der Waals surface area contributed by atoms with Crippen molar-refractivity contribution in [3.63, 3.8) is 0 Å². The molecule has 5 nitrogen and oxygen atoms in total. The zero-order chi connectivity index (χ0) is 13.8. The number of hydrogen-bond acceptors (Lipinski definition) is 4. The first-order chi connectivity index (χ1) is 9.08. The summed E-state index contributed by atoms with van der Waals surface area (Å²) in [4.78, 5) is 23.5. The second-order valence-corrected chi connectivity index (χ2v) is 4.08. The lowest BCUT2D eigenvalue weighted by Crippen LogP contribution is -2.40.